The van der Waals surface area contributed by atoms with Crippen molar-refractivity contribution >= 4 is 29.2 Å². The van der Waals surface area contributed by atoms with Crippen LogP contribution < -0.4 is 10.3 Å². The van der Waals surface area contributed by atoms with Crippen molar-refractivity contribution in [1.82, 2.24) is 5.32 Å². The minimum atomic E-state index is -0.867. The Morgan fingerprint density at radius 1 is 1.04 bits per heavy atom. The molecule has 1 aliphatic carbocycles. The van der Waals surface area contributed by atoms with Crippen LogP contribution in [0.4, 0.5) is 5.69 Å². The van der Waals surface area contributed by atoms with Crippen LogP contribution >= 0.6 is 0 Å². The van der Waals surface area contributed by atoms with Gasteiger partial charge in [-0.25, -0.2) is 5.01 Å². The number of carbonyl (C=O) groups excluding carboxylic acids is 2. The molecule has 7 nitrogen and oxygen atoms in total. The van der Waals surface area contributed by atoms with Crippen molar-refractivity contribution in [2.24, 2.45) is 11.0 Å². The molecule has 1 aromatic rings. The van der Waals surface area contributed by atoms with Gasteiger partial charge in [-0.05, 0) is 25.0 Å². The molecular formula is C20H25N3O4. The minimum absolute atomic E-state index is 0.160. The van der Waals surface area contributed by atoms with Crippen molar-refractivity contribution in [3.05, 3.63) is 30.3 Å². The molecule has 2 atom stereocenters. The third kappa shape index (κ3) is 4.72. The van der Waals surface area contributed by atoms with Gasteiger partial charge in [0.25, 0.3) is 5.91 Å². The van der Waals surface area contributed by atoms with Crippen LogP contribution in [0.5, 0.6) is 0 Å². The second kappa shape index (κ2) is 8.79. The number of hydrogen-bond acceptors (Lipinski definition) is 4. The van der Waals surface area contributed by atoms with Gasteiger partial charge in [0.15, 0.2) is 0 Å². The molecule has 0 radical (unpaired) electrons. The highest BCUT2D eigenvalue weighted by Crippen LogP contribution is 2.24. The molecule has 0 aromatic heterocycles. The maximum absolute atomic E-state index is 12.7. The fourth-order valence-corrected chi connectivity index (χ4v) is 3.69. The van der Waals surface area contributed by atoms with E-state index < -0.39 is 17.9 Å². The average Bonchev–Trinajstić information content (AvgIpc) is 2.64. The van der Waals surface area contributed by atoms with Crippen molar-refractivity contribution in [3.63, 3.8) is 0 Å². The molecule has 1 fully saturated rings. The third-order valence-electron chi connectivity index (χ3n) is 5.20. The second-order valence-electron chi connectivity index (χ2n) is 7.10. The number of carboxylic acid groups (broad SMARTS) is 1. The van der Waals surface area contributed by atoms with E-state index in [1.807, 2.05) is 6.07 Å². The number of benzene rings is 1. The zero-order valence-corrected chi connectivity index (χ0v) is 15.3. The third-order valence-corrected chi connectivity index (χ3v) is 5.20. The van der Waals surface area contributed by atoms with E-state index in [9.17, 15) is 19.5 Å². The first-order valence-electron chi connectivity index (χ1n) is 9.55. The highest BCUT2D eigenvalue weighted by Gasteiger charge is 2.32. The number of hydrogen-bond donors (Lipinski definition) is 2. The number of para-hydroxylation sites is 1. The maximum Gasteiger partial charge on any atom is 0.308 e. The van der Waals surface area contributed by atoms with Crippen LogP contribution in [0.25, 0.3) is 0 Å². The summed E-state index contributed by atoms with van der Waals surface area (Å²) in [5, 5.41) is 17.9. The molecule has 1 heterocycles. The molecule has 2 N–H and O–H groups in total. The lowest BCUT2D eigenvalue weighted by molar-refractivity contribution is -0.143. The summed E-state index contributed by atoms with van der Waals surface area (Å²) in [5.41, 5.74) is 0.881. The number of nitrogens with one attached hydrogen (secondary N) is 1. The maximum atomic E-state index is 12.7. The van der Waals surface area contributed by atoms with E-state index in [0.29, 0.717) is 18.5 Å². The van der Waals surface area contributed by atoms with Gasteiger partial charge in [-0.2, -0.15) is 5.10 Å². The van der Waals surface area contributed by atoms with Crippen molar-refractivity contribution in [2.75, 3.05) is 5.01 Å². The zero-order chi connectivity index (χ0) is 19.2. The van der Waals surface area contributed by atoms with Crippen LogP contribution in [0.15, 0.2) is 35.4 Å². The van der Waals surface area contributed by atoms with Gasteiger partial charge < -0.3 is 10.4 Å². The lowest BCUT2D eigenvalue weighted by Gasteiger charge is -2.28. The van der Waals surface area contributed by atoms with Crippen LogP contribution in [0.2, 0.25) is 0 Å². The normalized spacial score (nSPS) is 23.8. The van der Waals surface area contributed by atoms with Crippen LogP contribution in [-0.2, 0) is 14.4 Å². The van der Waals surface area contributed by atoms with Gasteiger partial charge >= 0.3 is 5.97 Å². The van der Waals surface area contributed by atoms with Crippen molar-refractivity contribution in [2.45, 2.75) is 57.4 Å². The van der Waals surface area contributed by atoms with Crippen molar-refractivity contribution in [3.8, 4) is 0 Å². The van der Waals surface area contributed by atoms with Gasteiger partial charge in [-0.1, -0.05) is 43.9 Å². The average molecular weight is 371 g/mol. The summed E-state index contributed by atoms with van der Waals surface area (Å²) in [6, 6.07) is 8.57. The number of nitrogens with zero attached hydrogens (tertiary/aromatic N) is 2. The van der Waals surface area contributed by atoms with Crippen LogP contribution in [-0.4, -0.2) is 34.6 Å². The largest absolute Gasteiger partial charge is 0.481 e. The van der Waals surface area contributed by atoms with E-state index in [1.165, 1.54) is 5.01 Å². The topological polar surface area (TPSA) is 99.1 Å². The summed E-state index contributed by atoms with van der Waals surface area (Å²) in [5.74, 6) is -1.98. The monoisotopic (exact) mass is 371 g/mol. The Bertz CT molecular complexity index is 732. The van der Waals surface area contributed by atoms with E-state index >= 15 is 0 Å². The Balaban J connectivity index is 1.75. The summed E-state index contributed by atoms with van der Waals surface area (Å²) in [7, 11) is 0. The second-order valence-corrected chi connectivity index (χ2v) is 7.10. The van der Waals surface area contributed by atoms with Crippen LogP contribution in [0.1, 0.15) is 51.4 Å². The Hall–Kier alpha value is -2.70. The predicted molar refractivity (Wildman–Crippen MR) is 101 cm³/mol. The lowest BCUT2D eigenvalue weighted by Crippen LogP contribution is -2.48. The van der Waals surface area contributed by atoms with Crippen LogP contribution in [0.3, 0.4) is 0 Å². The fraction of sp³-hybridized carbons (Fsp3) is 0.500. The van der Waals surface area contributed by atoms with Gasteiger partial charge in [-0.15, -0.1) is 0 Å². The number of rotatable bonds is 4. The van der Waals surface area contributed by atoms with Gasteiger partial charge in [0.2, 0.25) is 5.91 Å². The van der Waals surface area contributed by atoms with E-state index in [4.69, 9.17) is 0 Å². The Labute approximate surface area is 158 Å². The minimum Gasteiger partial charge on any atom is -0.481 e. The molecule has 1 saturated carbocycles. The van der Waals surface area contributed by atoms with E-state index in [0.717, 1.165) is 25.7 Å². The molecule has 1 aliphatic heterocycles. The first-order chi connectivity index (χ1) is 13.1. The number of anilines is 1. The number of hydrazone groups is 1. The summed E-state index contributed by atoms with van der Waals surface area (Å²) in [4.78, 5) is 36.6. The molecule has 0 spiro atoms. The molecule has 0 saturated heterocycles. The van der Waals surface area contributed by atoms with E-state index in [1.54, 1.807) is 24.3 Å². The molecule has 144 valence electrons. The number of carboxylic acids is 1. The molecular weight excluding hydrogens is 346 g/mol. The fourth-order valence-electron chi connectivity index (χ4n) is 3.69. The van der Waals surface area contributed by atoms with Crippen molar-refractivity contribution < 1.29 is 19.5 Å². The molecule has 0 bridgehead atoms. The molecule has 2 aliphatic rings. The van der Waals surface area contributed by atoms with E-state index in [-0.39, 0.29) is 30.4 Å². The summed E-state index contributed by atoms with van der Waals surface area (Å²) < 4.78 is 0. The molecule has 27 heavy (non-hydrogen) atoms. The number of amides is 2. The summed E-state index contributed by atoms with van der Waals surface area (Å²) in [6.45, 7) is 0. The number of aliphatic carboxylic acids is 1. The highest BCUT2D eigenvalue weighted by atomic mass is 16.4. The number of carbonyl (C=O) groups is 3. The summed E-state index contributed by atoms with van der Waals surface area (Å²) in [6.07, 6.45) is 5.53. The molecule has 2 amide bonds. The van der Waals surface area contributed by atoms with E-state index in [2.05, 4.69) is 10.4 Å². The Kier molecular flexibility index (Phi) is 6.21. The smallest absolute Gasteiger partial charge is 0.308 e. The predicted octanol–water partition coefficient (Wildman–Crippen LogP) is 2.71. The molecule has 3 rings (SSSR count). The van der Waals surface area contributed by atoms with Crippen molar-refractivity contribution in [1.29, 1.82) is 0 Å². The molecule has 2 unspecified atom stereocenters. The van der Waals surface area contributed by atoms with Gasteiger partial charge in [0.1, 0.15) is 5.71 Å². The molecule has 7 heteroatoms. The van der Waals surface area contributed by atoms with Gasteiger partial charge in [-0.3, -0.25) is 14.4 Å². The first-order valence-corrected chi connectivity index (χ1v) is 9.55. The highest BCUT2D eigenvalue weighted by molar-refractivity contribution is 6.40. The van der Waals surface area contributed by atoms with Gasteiger partial charge in [0.05, 0.1) is 11.6 Å². The Morgan fingerprint density at radius 3 is 2.44 bits per heavy atom. The standard InChI is InChI=1S/C20H25N3O4/c24-18-13-12-17(22-23(18)14-8-4-3-5-9-14)19(25)21-16-11-7-2-1-6-10-15(16)20(26)27/h3-5,8-9,15-16H,1-2,6-7,10-13H2,(H,21,25)(H,26,27). The van der Waals surface area contributed by atoms with Gasteiger partial charge in [0, 0.05) is 18.9 Å². The molecule has 1 aromatic carbocycles. The lowest BCUT2D eigenvalue weighted by atomic mass is 9.86. The quantitative estimate of drug-likeness (QED) is 0.850. The van der Waals surface area contributed by atoms with Crippen LogP contribution in [0, 0.1) is 5.92 Å². The Morgan fingerprint density at radius 2 is 1.74 bits per heavy atom. The SMILES string of the molecule is O=C(NC1CCCCCCC1C(=O)O)C1=NN(c2ccccc2)C(=O)CC1. The first kappa shape index (κ1) is 19.1. The summed E-state index contributed by atoms with van der Waals surface area (Å²) >= 11 is 0. The zero-order valence-electron chi connectivity index (χ0n) is 15.3.